The average molecular weight is 345 g/mol. The second-order valence-corrected chi connectivity index (χ2v) is 6.89. The molecule has 1 atom stereocenters. The van der Waals surface area contributed by atoms with Gasteiger partial charge in [0.25, 0.3) is 0 Å². The summed E-state index contributed by atoms with van der Waals surface area (Å²) >= 11 is 1.74. The van der Waals surface area contributed by atoms with E-state index >= 15 is 0 Å². The minimum absolute atomic E-state index is 0.296. The smallest absolute Gasteiger partial charge is 0.165 e. The van der Waals surface area contributed by atoms with Crippen LogP contribution in [-0.2, 0) is 6.42 Å². The van der Waals surface area contributed by atoms with E-state index in [1.54, 1.807) is 17.8 Å². The fourth-order valence-corrected chi connectivity index (χ4v) is 4.01. The fraction of sp³-hybridized carbons (Fsp3) is 0.167. The highest BCUT2D eigenvalue weighted by molar-refractivity contribution is 7.99. The zero-order valence-corrected chi connectivity index (χ0v) is 14.7. The summed E-state index contributed by atoms with van der Waals surface area (Å²) in [4.78, 5) is 5.61. The maximum Gasteiger partial charge on any atom is 0.165 e. The molecule has 23 heavy (non-hydrogen) atoms. The zero-order valence-electron chi connectivity index (χ0n) is 12.8. The van der Waals surface area contributed by atoms with Crippen molar-refractivity contribution >= 4 is 37.2 Å². The molecule has 1 unspecified atom stereocenters. The van der Waals surface area contributed by atoms with E-state index in [1.807, 2.05) is 24.4 Å². The number of nitrogens with zero attached hydrogens (tertiary/aromatic N) is 1. The first kappa shape index (κ1) is 16.2. The Morgan fingerprint density at radius 2 is 2.04 bits per heavy atom. The lowest BCUT2D eigenvalue weighted by molar-refractivity contribution is 0.390. The van der Waals surface area contributed by atoms with Crippen molar-refractivity contribution in [1.82, 2.24) is 4.98 Å². The maximum atomic E-state index is 13.9. The van der Waals surface area contributed by atoms with Crippen LogP contribution in [0.25, 0.3) is 10.9 Å². The van der Waals surface area contributed by atoms with E-state index in [0.717, 1.165) is 38.8 Å². The molecule has 0 aliphatic heterocycles. The standard InChI is InChI=1S/C18H17FNOPS/c1-21-18-14(19)10-12(11-15(18)22)7-9-23-16-6-2-4-13-5-3-8-20-17(13)16/h2-6,8,10-11H,7,9,22H2,1H3. The highest BCUT2D eigenvalue weighted by atomic mass is 32.2. The number of benzene rings is 2. The van der Waals surface area contributed by atoms with Gasteiger partial charge >= 0.3 is 0 Å². The van der Waals surface area contributed by atoms with Crippen molar-refractivity contribution in [2.24, 2.45) is 0 Å². The van der Waals surface area contributed by atoms with Crippen LogP contribution in [0.3, 0.4) is 0 Å². The molecule has 0 spiro atoms. The molecule has 0 saturated heterocycles. The maximum absolute atomic E-state index is 13.9. The second-order valence-electron chi connectivity index (χ2n) is 5.13. The SMILES string of the molecule is COc1c(F)cc(CCSc2cccc3cccnc23)cc1P. The van der Waals surface area contributed by atoms with Gasteiger partial charge in [0.2, 0.25) is 0 Å². The molecule has 0 N–H and O–H groups in total. The van der Waals surface area contributed by atoms with Crippen LogP contribution < -0.4 is 10.0 Å². The molecule has 0 aliphatic rings. The van der Waals surface area contributed by atoms with Gasteiger partial charge in [-0.1, -0.05) is 18.2 Å². The predicted molar refractivity (Wildman–Crippen MR) is 98.5 cm³/mol. The van der Waals surface area contributed by atoms with Crippen LogP contribution in [0.2, 0.25) is 0 Å². The first-order chi connectivity index (χ1) is 11.2. The summed E-state index contributed by atoms with van der Waals surface area (Å²) in [5.74, 6) is 0.849. The van der Waals surface area contributed by atoms with Crippen molar-refractivity contribution in [2.75, 3.05) is 12.9 Å². The third-order valence-corrected chi connectivity index (χ3v) is 5.06. The van der Waals surface area contributed by atoms with Crippen molar-refractivity contribution in [3.8, 4) is 5.75 Å². The number of methoxy groups -OCH3 is 1. The Labute approximate surface area is 141 Å². The number of hydrogen-bond acceptors (Lipinski definition) is 3. The molecule has 118 valence electrons. The van der Waals surface area contributed by atoms with Gasteiger partial charge < -0.3 is 4.74 Å². The number of fused-ring (bicyclic) bond motifs is 1. The van der Waals surface area contributed by atoms with Crippen LogP contribution in [0.4, 0.5) is 4.39 Å². The van der Waals surface area contributed by atoms with E-state index in [4.69, 9.17) is 4.74 Å². The van der Waals surface area contributed by atoms with E-state index in [2.05, 4.69) is 32.4 Å². The van der Waals surface area contributed by atoms with Gasteiger partial charge in [-0.3, -0.25) is 4.98 Å². The number of para-hydroxylation sites is 1. The summed E-state index contributed by atoms with van der Waals surface area (Å²) < 4.78 is 19.0. The molecule has 1 heterocycles. The number of aromatic nitrogens is 1. The van der Waals surface area contributed by atoms with Crippen molar-refractivity contribution in [3.63, 3.8) is 0 Å². The summed E-state index contributed by atoms with van der Waals surface area (Å²) in [5.41, 5.74) is 1.99. The summed E-state index contributed by atoms with van der Waals surface area (Å²) in [6, 6.07) is 13.7. The molecule has 3 aromatic rings. The number of pyridine rings is 1. The first-order valence-corrected chi connectivity index (χ1v) is 8.84. The van der Waals surface area contributed by atoms with Crippen molar-refractivity contribution in [3.05, 3.63) is 60.0 Å². The van der Waals surface area contributed by atoms with Gasteiger partial charge in [-0.2, -0.15) is 0 Å². The van der Waals surface area contributed by atoms with Crippen LogP contribution in [0.5, 0.6) is 5.75 Å². The van der Waals surface area contributed by atoms with Crippen molar-refractivity contribution in [1.29, 1.82) is 0 Å². The highest BCUT2D eigenvalue weighted by Gasteiger charge is 2.09. The molecular formula is C18H17FNOPS. The zero-order chi connectivity index (χ0) is 16.2. The molecule has 2 aromatic carbocycles. The topological polar surface area (TPSA) is 22.1 Å². The van der Waals surface area contributed by atoms with Crippen LogP contribution in [0, 0.1) is 5.82 Å². The number of hydrogen-bond donors (Lipinski definition) is 0. The summed E-state index contributed by atoms with van der Waals surface area (Å²) in [7, 11) is 4.01. The normalized spacial score (nSPS) is 10.9. The fourth-order valence-electron chi connectivity index (χ4n) is 2.50. The minimum Gasteiger partial charge on any atom is -0.493 e. The van der Waals surface area contributed by atoms with Crippen LogP contribution in [0.1, 0.15) is 5.56 Å². The number of thioether (sulfide) groups is 1. The largest absolute Gasteiger partial charge is 0.493 e. The van der Waals surface area contributed by atoms with E-state index in [-0.39, 0.29) is 5.82 Å². The Morgan fingerprint density at radius 1 is 1.22 bits per heavy atom. The van der Waals surface area contributed by atoms with Crippen LogP contribution >= 0.6 is 21.0 Å². The Morgan fingerprint density at radius 3 is 2.83 bits per heavy atom. The van der Waals surface area contributed by atoms with Gasteiger partial charge in [-0.15, -0.1) is 21.0 Å². The Kier molecular flexibility index (Phi) is 5.14. The molecule has 5 heteroatoms. The molecule has 1 aromatic heterocycles. The quantitative estimate of drug-likeness (QED) is 0.511. The van der Waals surface area contributed by atoms with Gasteiger partial charge in [-0.05, 0) is 36.2 Å². The van der Waals surface area contributed by atoms with E-state index in [1.165, 1.54) is 7.11 Å². The molecular weight excluding hydrogens is 328 g/mol. The average Bonchev–Trinajstić information content (AvgIpc) is 2.55. The van der Waals surface area contributed by atoms with Gasteiger partial charge in [-0.25, -0.2) is 4.39 Å². The molecule has 0 amide bonds. The van der Waals surface area contributed by atoms with Gasteiger partial charge in [0.15, 0.2) is 11.6 Å². The summed E-state index contributed by atoms with van der Waals surface area (Å²) in [6.07, 6.45) is 2.60. The molecule has 0 aliphatic carbocycles. The predicted octanol–water partition coefficient (Wildman–Crippen LogP) is 4.22. The first-order valence-electron chi connectivity index (χ1n) is 7.27. The van der Waals surface area contributed by atoms with E-state index < -0.39 is 0 Å². The molecule has 2 nitrogen and oxygen atoms in total. The summed E-state index contributed by atoms with van der Waals surface area (Å²) in [6.45, 7) is 0. The lowest BCUT2D eigenvalue weighted by Gasteiger charge is -2.09. The van der Waals surface area contributed by atoms with Crippen LogP contribution in [-0.4, -0.2) is 17.8 Å². The minimum atomic E-state index is -0.313. The Bertz CT molecular complexity index is 812. The number of halogens is 1. The number of rotatable bonds is 5. The molecule has 0 radical (unpaired) electrons. The molecule has 0 saturated carbocycles. The third-order valence-electron chi connectivity index (χ3n) is 3.58. The molecule has 3 rings (SSSR count). The monoisotopic (exact) mass is 345 g/mol. The highest BCUT2D eigenvalue weighted by Crippen LogP contribution is 2.27. The molecule has 0 bridgehead atoms. The van der Waals surface area contributed by atoms with E-state index in [9.17, 15) is 4.39 Å². The Hall–Kier alpha value is -1.64. The van der Waals surface area contributed by atoms with Gasteiger partial charge in [0.1, 0.15) is 0 Å². The van der Waals surface area contributed by atoms with Gasteiger partial charge in [0.05, 0.1) is 12.6 Å². The lowest BCUT2D eigenvalue weighted by atomic mass is 10.1. The molecule has 0 fully saturated rings. The number of aryl methyl sites for hydroxylation is 1. The van der Waals surface area contributed by atoms with Crippen molar-refractivity contribution in [2.45, 2.75) is 11.3 Å². The van der Waals surface area contributed by atoms with Crippen molar-refractivity contribution < 1.29 is 9.13 Å². The van der Waals surface area contributed by atoms with Gasteiger partial charge in [0, 0.05) is 27.5 Å². The number of ether oxygens (including phenoxy) is 1. The van der Waals surface area contributed by atoms with E-state index in [0.29, 0.717) is 5.75 Å². The van der Waals surface area contributed by atoms with Crippen LogP contribution in [0.15, 0.2) is 53.6 Å². The Balaban J connectivity index is 1.72. The summed E-state index contributed by atoms with van der Waals surface area (Å²) in [5, 5.41) is 1.89. The third kappa shape index (κ3) is 3.65. The second kappa shape index (κ2) is 7.29. The lowest BCUT2D eigenvalue weighted by Crippen LogP contribution is -2.04.